The number of hydrogen-bond donors (Lipinski definition) is 2. The van der Waals surface area contributed by atoms with E-state index in [9.17, 15) is 9.59 Å². The summed E-state index contributed by atoms with van der Waals surface area (Å²) in [5.74, 6) is 2.10. The maximum absolute atomic E-state index is 11.0. The molecular formula is C9H14N2O4. The lowest BCUT2D eigenvalue weighted by Gasteiger charge is -2.19. The Morgan fingerprint density at radius 3 is 2.27 bits per heavy atom. The summed E-state index contributed by atoms with van der Waals surface area (Å²) in [4.78, 5) is 21.8. The third-order valence-electron chi connectivity index (χ3n) is 0.952. The van der Waals surface area contributed by atoms with Crippen LogP contribution in [0.2, 0.25) is 0 Å². The Bertz CT molecular complexity index is 275. The van der Waals surface area contributed by atoms with Crippen molar-refractivity contribution >= 4 is 12.2 Å². The normalized spacial score (nSPS) is 9.73. The first-order valence-corrected chi connectivity index (χ1v) is 4.20. The van der Waals surface area contributed by atoms with Crippen molar-refractivity contribution in [3.63, 3.8) is 0 Å². The molecule has 0 atom stereocenters. The monoisotopic (exact) mass is 214 g/mol. The number of carbonyl (C=O) groups is 2. The van der Waals surface area contributed by atoms with E-state index in [0.29, 0.717) is 0 Å². The van der Waals surface area contributed by atoms with Crippen molar-refractivity contribution < 1.29 is 19.1 Å². The molecule has 0 unspecified atom stereocenters. The fraction of sp³-hybridized carbons (Fsp3) is 0.556. The molecule has 0 bridgehead atoms. The van der Waals surface area contributed by atoms with Crippen LogP contribution in [-0.4, -0.2) is 24.4 Å². The quantitative estimate of drug-likeness (QED) is 0.499. The molecule has 15 heavy (non-hydrogen) atoms. The first kappa shape index (κ1) is 13.1. The zero-order valence-corrected chi connectivity index (χ0v) is 8.92. The van der Waals surface area contributed by atoms with Gasteiger partial charge in [-0.15, -0.1) is 6.42 Å². The average Bonchev–Trinajstić information content (AvgIpc) is 2.08. The molecule has 6 heteroatoms. The molecule has 0 radical (unpaired) electrons. The molecule has 0 rings (SSSR count). The van der Waals surface area contributed by atoms with Gasteiger partial charge in [-0.2, -0.15) is 0 Å². The largest absolute Gasteiger partial charge is 0.443 e. The van der Waals surface area contributed by atoms with Gasteiger partial charge in [0.25, 0.3) is 0 Å². The first-order chi connectivity index (χ1) is 6.85. The summed E-state index contributed by atoms with van der Waals surface area (Å²) < 4.78 is 9.25. The molecule has 0 spiro atoms. The van der Waals surface area contributed by atoms with E-state index in [-0.39, 0.29) is 6.61 Å². The Morgan fingerprint density at radius 1 is 1.27 bits per heavy atom. The summed E-state index contributed by atoms with van der Waals surface area (Å²) >= 11 is 0. The fourth-order valence-electron chi connectivity index (χ4n) is 0.549. The fourth-order valence-corrected chi connectivity index (χ4v) is 0.549. The van der Waals surface area contributed by atoms with Crippen molar-refractivity contribution in [3.8, 4) is 12.3 Å². The highest BCUT2D eigenvalue weighted by atomic mass is 16.6. The molecule has 0 aromatic rings. The Hall–Kier alpha value is -1.90. The van der Waals surface area contributed by atoms with E-state index in [2.05, 4.69) is 10.7 Å². The minimum atomic E-state index is -0.848. The zero-order valence-electron chi connectivity index (χ0n) is 8.92. The SMILES string of the molecule is C#CCOC(=O)NNC(=O)OC(C)(C)C. The van der Waals surface area contributed by atoms with Crippen LogP contribution >= 0.6 is 0 Å². The molecule has 0 aromatic carbocycles. The summed E-state index contributed by atoms with van der Waals surface area (Å²) in [6, 6.07) is 0. The number of hydrazine groups is 1. The van der Waals surface area contributed by atoms with Gasteiger partial charge in [-0.1, -0.05) is 5.92 Å². The molecule has 0 aliphatic heterocycles. The van der Waals surface area contributed by atoms with Gasteiger partial charge in [0.1, 0.15) is 5.60 Å². The number of nitrogens with one attached hydrogen (secondary N) is 2. The second-order valence-corrected chi connectivity index (χ2v) is 3.53. The molecular weight excluding hydrogens is 200 g/mol. The molecule has 0 fully saturated rings. The second-order valence-electron chi connectivity index (χ2n) is 3.53. The van der Waals surface area contributed by atoms with E-state index in [1.807, 2.05) is 10.9 Å². The smallest absolute Gasteiger partial charge is 0.427 e. The minimum absolute atomic E-state index is 0.165. The first-order valence-electron chi connectivity index (χ1n) is 4.20. The van der Waals surface area contributed by atoms with Gasteiger partial charge in [-0.3, -0.25) is 0 Å². The maximum atomic E-state index is 11.0. The average molecular weight is 214 g/mol. The van der Waals surface area contributed by atoms with Crippen LogP contribution in [0.25, 0.3) is 0 Å². The number of carbonyl (C=O) groups excluding carboxylic acids is 2. The minimum Gasteiger partial charge on any atom is -0.443 e. The van der Waals surface area contributed by atoms with Crippen LogP contribution in [0, 0.1) is 12.3 Å². The number of hydrogen-bond acceptors (Lipinski definition) is 4. The molecule has 0 aromatic heterocycles. The van der Waals surface area contributed by atoms with Gasteiger partial charge in [0.05, 0.1) is 0 Å². The van der Waals surface area contributed by atoms with Crippen molar-refractivity contribution in [3.05, 3.63) is 0 Å². The van der Waals surface area contributed by atoms with E-state index in [0.717, 1.165) is 0 Å². The van der Waals surface area contributed by atoms with Crippen molar-refractivity contribution in [1.29, 1.82) is 0 Å². The molecule has 0 saturated carbocycles. The molecule has 84 valence electrons. The van der Waals surface area contributed by atoms with E-state index >= 15 is 0 Å². The number of terminal acetylenes is 1. The summed E-state index contributed by atoms with van der Waals surface area (Å²) in [5, 5.41) is 0. The van der Waals surface area contributed by atoms with Crippen molar-refractivity contribution in [2.75, 3.05) is 6.61 Å². The summed E-state index contributed by atoms with van der Waals surface area (Å²) in [7, 11) is 0. The van der Waals surface area contributed by atoms with Crippen LogP contribution in [0.5, 0.6) is 0 Å². The topological polar surface area (TPSA) is 76.7 Å². The molecule has 6 nitrogen and oxygen atoms in total. The standard InChI is InChI=1S/C9H14N2O4/c1-5-6-14-7(12)10-11-8(13)15-9(2,3)4/h1H,6H2,2-4H3,(H,10,12)(H,11,13). The third-order valence-corrected chi connectivity index (χ3v) is 0.952. The Morgan fingerprint density at radius 2 is 1.80 bits per heavy atom. The zero-order chi connectivity index (χ0) is 11.9. The van der Waals surface area contributed by atoms with Crippen LogP contribution in [0.4, 0.5) is 9.59 Å². The lowest BCUT2D eigenvalue weighted by atomic mass is 10.2. The van der Waals surface area contributed by atoms with Gasteiger partial charge < -0.3 is 9.47 Å². The second kappa shape index (κ2) is 5.75. The van der Waals surface area contributed by atoms with Crippen LogP contribution in [0.3, 0.4) is 0 Å². The van der Waals surface area contributed by atoms with Crippen molar-refractivity contribution in [1.82, 2.24) is 10.9 Å². The van der Waals surface area contributed by atoms with Crippen LogP contribution < -0.4 is 10.9 Å². The number of rotatable bonds is 1. The highest BCUT2D eigenvalue weighted by Crippen LogP contribution is 2.05. The third kappa shape index (κ3) is 8.43. The Balaban J connectivity index is 3.73. The highest BCUT2D eigenvalue weighted by molar-refractivity contribution is 5.73. The van der Waals surface area contributed by atoms with E-state index in [4.69, 9.17) is 11.2 Å². The lowest BCUT2D eigenvalue weighted by Crippen LogP contribution is -2.44. The molecule has 0 heterocycles. The Kier molecular flexibility index (Phi) is 5.02. The summed E-state index contributed by atoms with van der Waals surface area (Å²) in [5.41, 5.74) is 3.32. The lowest BCUT2D eigenvalue weighted by molar-refractivity contribution is 0.0489. The maximum Gasteiger partial charge on any atom is 0.427 e. The van der Waals surface area contributed by atoms with Crippen molar-refractivity contribution in [2.45, 2.75) is 26.4 Å². The summed E-state index contributed by atoms with van der Waals surface area (Å²) in [6.07, 6.45) is 3.22. The van der Waals surface area contributed by atoms with Crippen LogP contribution in [0.1, 0.15) is 20.8 Å². The van der Waals surface area contributed by atoms with Gasteiger partial charge in [0, 0.05) is 0 Å². The predicted molar refractivity (Wildman–Crippen MR) is 52.7 cm³/mol. The van der Waals surface area contributed by atoms with E-state index in [1.165, 1.54) is 0 Å². The van der Waals surface area contributed by atoms with E-state index < -0.39 is 17.8 Å². The molecule has 2 N–H and O–H groups in total. The van der Waals surface area contributed by atoms with Gasteiger partial charge in [0.15, 0.2) is 6.61 Å². The van der Waals surface area contributed by atoms with Crippen molar-refractivity contribution in [2.24, 2.45) is 0 Å². The summed E-state index contributed by atoms with van der Waals surface area (Å²) in [6.45, 7) is 4.93. The van der Waals surface area contributed by atoms with Gasteiger partial charge in [-0.05, 0) is 20.8 Å². The molecule has 0 aliphatic rings. The molecule has 0 saturated heterocycles. The van der Waals surface area contributed by atoms with Gasteiger partial charge in [-0.25, -0.2) is 20.4 Å². The number of ether oxygens (including phenoxy) is 2. The van der Waals surface area contributed by atoms with Gasteiger partial charge in [0.2, 0.25) is 0 Å². The number of amides is 2. The van der Waals surface area contributed by atoms with E-state index in [1.54, 1.807) is 20.8 Å². The molecule has 2 amide bonds. The van der Waals surface area contributed by atoms with Crippen LogP contribution in [0.15, 0.2) is 0 Å². The molecule has 0 aliphatic carbocycles. The van der Waals surface area contributed by atoms with Gasteiger partial charge >= 0.3 is 12.2 Å². The Labute approximate surface area is 88.3 Å². The predicted octanol–water partition coefficient (Wildman–Crippen LogP) is 0.785. The van der Waals surface area contributed by atoms with Crippen LogP contribution in [-0.2, 0) is 9.47 Å². The highest BCUT2D eigenvalue weighted by Gasteiger charge is 2.16.